The number of anilines is 1. The van der Waals surface area contributed by atoms with Crippen molar-refractivity contribution in [1.29, 1.82) is 0 Å². The number of rotatable bonds is 6. The number of ether oxygens (including phenoxy) is 1. The van der Waals surface area contributed by atoms with E-state index in [1.165, 1.54) is 28.2 Å². The summed E-state index contributed by atoms with van der Waals surface area (Å²) >= 11 is 5.89. The van der Waals surface area contributed by atoms with Gasteiger partial charge in [-0.3, -0.25) is 4.98 Å². The van der Waals surface area contributed by atoms with Gasteiger partial charge in [0.2, 0.25) is 0 Å². The number of pyridine rings is 1. The van der Waals surface area contributed by atoms with Gasteiger partial charge in [-0.25, -0.2) is 0 Å². The van der Waals surface area contributed by atoms with Crippen LogP contribution < -0.4 is 15.0 Å². The largest absolute Gasteiger partial charge is 0.497 e. The fraction of sp³-hybridized carbons (Fsp3) is 0.241. The molecule has 35 heavy (non-hydrogen) atoms. The average Bonchev–Trinajstić information content (AvgIpc) is 3.39. The quantitative estimate of drug-likeness (QED) is 0.330. The maximum atomic E-state index is 5.89. The molecule has 1 saturated heterocycles. The summed E-state index contributed by atoms with van der Waals surface area (Å²) in [5.41, 5.74) is 8.10. The zero-order valence-electron chi connectivity index (χ0n) is 20.5. The molecule has 1 aliphatic rings. The van der Waals surface area contributed by atoms with Crippen LogP contribution in [0.2, 0.25) is 0 Å². The highest BCUT2D eigenvalue weighted by Gasteiger charge is 2.42. The lowest BCUT2D eigenvalue weighted by Gasteiger charge is -2.28. The van der Waals surface area contributed by atoms with E-state index in [0.29, 0.717) is 5.11 Å². The first-order valence-electron chi connectivity index (χ1n) is 11.9. The van der Waals surface area contributed by atoms with E-state index < -0.39 is 0 Å². The summed E-state index contributed by atoms with van der Waals surface area (Å²) in [6.07, 6.45) is 2.87. The topological polar surface area (TPSA) is 42.3 Å². The van der Waals surface area contributed by atoms with Crippen LogP contribution in [0.25, 0.3) is 5.69 Å². The lowest BCUT2D eigenvalue weighted by molar-refractivity contribution is 0.415. The molecule has 0 radical (unpaired) electrons. The number of nitrogens with one attached hydrogen (secondary N) is 1. The van der Waals surface area contributed by atoms with Gasteiger partial charge in [0.15, 0.2) is 5.11 Å². The lowest BCUT2D eigenvalue weighted by atomic mass is 9.96. The van der Waals surface area contributed by atoms with Crippen LogP contribution in [0.4, 0.5) is 5.69 Å². The molecule has 4 aromatic rings. The van der Waals surface area contributed by atoms with Gasteiger partial charge in [0.05, 0.1) is 24.9 Å². The molecule has 1 aliphatic heterocycles. The van der Waals surface area contributed by atoms with Crippen molar-refractivity contribution < 1.29 is 4.74 Å². The van der Waals surface area contributed by atoms with E-state index in [0.717, 1.165) is 23.6 Å². The zero-order chi connectivity index (χ0) is 24.5. The van der Waals surface area contributed by atoms with Crippen molar-refractivity contribution >= 4 is 23.0 Å². The lowest BCUT2D eigenvalue weighted by Crippen LogP contribution is -2.29. The fourth-order valence-corrected chi connectivity index (χ4v) is 5.40. The Morgan fingerprint density at radius 3 is 2.31 bits per heavy atom. The number of benzene rings is 2. The second-order valence-corrected chi connectivity index (χ2v) is 9.26. The Kier molecular flexibility index (Phi) is 6.31. The Bertz CT molecular complexity index is 1330. The average molecular weight is 483 g/mol. The molecule has 3 heterocycles. The van der Waals surface area contributed by atoms with Gasteiger partial charge in [-0.1, -0.05) is 25.1 Å². The fourth-order valence-electron chi connectivity index (χ4n) is 5.06. The second kappa shape index (κ2) is 9.55. The van der Waals surface area contributed by atoms with Gasteiger partial charge in [-0.05, 0) is 98.2 Å². The van der Waals surface area contributed by atoms with Crippen LogP contribution in [0.1, 0.15) is 47.2 Å². The van der Waals surface area contributed by atoms with Gasteiger partial charge >= 0.3 is 0 Å². The van der Waals surface area contributed by atoms with Gasteiger partial charge in [-0.15, -0.1) is 0 Å². The van der Waals surface area contributed by atoms with Crippen molar-refractivity contribution in [2.75, 3.05) is 12.0 Å². The minimum Gasteiger partial charge on any atom is -0.497 e. The van der Waals surface area contributed by atoms with Gasteiger partial charge < -0.3 is 19.5 Å². The van der Waals surface area contributed by atoms with E-state index in [9.17, 15) is 0 Å². The molecule has 1 fully saturated rings. The van der Waals surface area contributed by atoms with E-state index in [-0.39, 0.29) is 12.1 Å². The smallest absolute Gasteiger partial charge is 0.174 e. The van der Waals surface area contributed by atoms with E-state index >= 15 is 0 Å². The van der Waals surface area contributed by atoms with E-state index in [1.807, 2.05) is 30.5 Å². The molecule has 0 saturated carbocycles. The van der Waals surface area contributed by atoms with Crippen LogP contribution in [-0.2, 0) is 6.42 Å². The Hall–Kier alpha value is -3.64. The monoisotopic (exact) mass is 482 g/mol. The highest BCUT2D eigenvalue weighted by atomic mass is 32.1. The van der Waals surface area contributed by atoms with Crippen LogP contribution in [0, 0.1) is 13.8 Å². The summed E-state index contributed by atoms with van der Waals surface area (Å²) < 4.78 is 7.72. The molecule has 5 rings (SSSR count). The highest BCUT2D eigenvalue weighted by molar-refractivity contribution is 7.80. The standard InChI is InChI=1S/C29H30N4OS/c1-5-21-9-11-22(12-10-21)32-19(2)18-25(20(32)3)28-27(26-8-6-7-17-30-26)31-29(35)33(28)23-13-15-24(34-4)16-14-23/h6-18,27-28H,5H2,1-4H3,(H,31,35)/t27-,28+/m0/s1. The predicted molar refractivity (Wildman–Crippen MR) is 146 cm³/mol. The van der Waals surface area contributed by atoms with Crippen LogP contribution in [-0.4, -0.2) is 21.8 Å². The number of thiocarbonyl (C=S) groups is 1. The number of hydrogen-bond donors (Lipinski definition) is 1. The van der Waals surface area contributed by atoms with Crippen LogP contribution in [0.3, 0.4) is 0 Å². The molecular weight excluding hydrogens is 452 g/mol. The third-order valence-electron chi connectivity index (χ3n) is 6.84. The first kappa shape index (κ1) is 23.1. The number of aryl methyl sites for hydroxylation is 2. The minimum absolute atomic E-state index is 0.0549. The molecule has 5 nitrogen and oxygen atoms in total. The molecule has 1 N–H and O–H groups in total. The van der Waals surface area contributed by atoms with Crippen molar-refractivity contribution in [1.82, 2.24) is 14.9 Å². The number of methoxy groups -OCH3 is 1. The summed E-state index contributed by atoms with van der Waals surface area (Å²) in [6, 6.07) is 25.1. The van der Waals surface area contributed by atoms with Gasteiger partial charge in [0.25, 0.3) is 0 Å². The van der Waals surface area contributed by atoms with Crippen molar-refractivity contribution in [2.45, 2.75) is 39.3 Å². The molecule has 2 aromatic heterocycles. The normalized spacial score (nSPS) is 17.5. The maximum Gasteiger partial charge on any atom is 0.174 e. The van der Waals surface area contributed by atoms with Crippen LogP contribution in [0.15, 0.2) is 79.0 Å². The molecule has 178 valence electrons. The summed E-state index contributed by atoms with van der Waals surface area (Å²) in [4.78, 5) is 6.90. The molecule has 0 aliphatic carbocycles. The summed E-state index contributed by atoms with van der Waals surface area (Å²) in [5.74, 6) is 0.818. The number of aromatic nitrogens is 2. The molecule has 0 amide bonds. The van der Waals surface area contributed by atoms with Crippen molar-refractivity contribution in [3.8, 4) is 11.4 Å². The zero-order valence-corrected chi connectivity index (χ0v) is 21.3. The Morgan fingerprint density at radius 2 is 1.69 bits per heavy atom. The highest BCUT2D eigenvalue weighted by Crippen LogP contribution is 2.44. The van der Waals surface area contributed by atoms with Crippen molar-refractivity contribution in [3.05, 3.63) is 107 Å². The number of hydrogen-bond acceptors (Lipinski definition) is 3. The van der Waals surface area contributed by atoms with Crippen LogP contribution >= 0.6 is 12.2 Å². The summed E-state index contributed by atoms with van der Waals surface area (Å²) in [6.45, 7) is 6.54. The molecule has 0 unspecified atom stereocenters. The van der Waals surface area contributed by atoms with Crippen molar-refractivity contribution in [3.63, 3.8) is 0 Å². The van der Waals surface area contributed by atoms with Gasteiger partial charge in [-0.2, -0.15) is 0 Å². The Morgan fingerprint density at radius 1 is 0.971 bits per heavy atom. The SMILES string of the molecule is CCc1ccc(-n2c(C)cc([C@@H]3[C@H](c4ccccn4)NC(=S)N3c3ccc(OC)cc3)c2C)cc1. The summed E-state index contributed by atoms with van der Waals surface area (Å²) in [7, 11) is 1.68. The van der Waals surface area contributed by atoms with Gasteiger partial charge in [0, 0.05) is 29.0 Å². The molecule has 0 spiro atoms. The summed E-state index contributed by atoms with van der Waals surface area (Å²) in [5, 5.41) is 4.25. The maximum absolute atomic E-state index is 5.89. The van der Waals surface area contributed by atoms with E-state index in [1.54, 1.807) is 7.11 Å². The van der Waals surface area contributed by atoms with E-state index in [4.69, 9.17) is 17.0 Å². The first-order chi connectivity index (χ1) is 17.0. The van der Waals surface area contributed by atoms with Crippen molar-refractivity contribution in [2.24, 2.45) is 0 Å². The van der Waals surface area contributed by atoms with E-state index in [2.05, 4.69) is 89.1 Å². The molecule has 2 aromatic carbocycles. The first-order valence-corrected chi connectivity index (χ1v) is 12.4. The second-order valence-electron chi connectivity index (χ2n) is 8.88. The molecular formula is C29H30N4OS. The predicted octanol–water partition coefficient (Wildman–Crippen LogP) is 6.24. The Labute approximate surface area is 212 Å². The third kappa shape index (κ3) is 4.19. The minimum atomic E-state index is -0.0813. The molecule has 2 atom stereocenters. The van der Waals surface area contributed by atoms with Crippen LogP contribution in [0.5, 0.6) is 5.75 Å². The third-order valence-corrected chi connectivity index (χ3v) is 7.15. The number of nitrogens with zero attached hydrogens (tertiary/aromatic N) is 3. The van der Waals surface area contributed by atoms with Gasteiger partial charge in [0.1, 0.15) is 5.75 Å². The molecule has 0 bridgehead atoms. The Balaban J connectivity index is 1.64. The molecule has 6 heteroatoms.